The van der Waals surface area contributed by atoms with E-state index in [0.717, 1.165) is 6.42 Å². The van der Waals surface area contributed by atoms with Crippen LogP contribution in [0.15, 0.2) is 88.7 Å². The summed E-state index contributed by atoms with van der Waals surface area (Å²) in [7, 11) is 3.48. The SMILES string of the molecule is C[C@@H](N=CN(C)C)C1=C(P(c2ccccc2)c2ccccc2)C=CC1. The molecule has 1 aliphatic carbocycles. The van der Waals surface area contributed by atoms with Crippen molar-refractivity contribution in [2.45, 2.75) is 19.4 Å². The van der Waals surface area contributed by atoms with Crippen molar-refractivity contribution in [1.29, 1.82) is 0 Å². The van der Waals surface area contributed by atoms with Crippen LogP contribution in [0.3, 0.4) is 0 Å². The summed E-state index contributed by atoms with van der Waals surface area (Å²) in [6.45, 7) is 2.20. The van der Waals surface area contributed by atoms with Crippen LogP contribution in [0.4, 0.5) is 0 Å². The van der Waals surface area contributed by atoms with Crippen molar-refractivity contribution in [3.8, 4) is 0 Å². The number of aliphatic imine (C=N–C) groups is 1. The first kappa shape index (κ1) is 17.6. The standard InChI is InChI=1S/C22H25N2P/c1-18(23-17-24(2)3)21-15-10-16-22(21)25(19-11-6-4-7-12-19)20-13-8-5-9-14-20/h4-14,16-18H,15H2,1-3H3/t18-/m1/s1. The Morgan fingerprint density at radius 1 is 0.960 bits per heavy atom. The van der Waals surface area contributed by atoms with E-state index in [2.05, 4.69) is 79.7 Å². The second kappa shape index (κ2) is 8.27. The fraction of sp³-hybridized carbons (Fsp3) is 0.227. The van der Waals surface area contributed by atoms with Crippen LogP contribution in [0.2, 0.25) is 0 Å². The van der Waals surface area contributed by atoms with Crippen molar-refractivity contribution in [2.24, 2.45) is 4.99 Å². The molecule has 0 aliphatic heterocycles. The van der Waals surface area contributed by atoms with Gasteiger partial charge < -0.3 is 4.90 Å². The normalized spacial score (nSPS) is 15.4. The van der Waals surface area contributed by atoms with E-state index in [1.807, 2.05) is 25.3 Å². The van der Waals surface area contributed by atoms with Gasteiger partial charge in [0.1, 0.15) is 0 Å². The molecule has 0 aromatic heterocycles. The third-order valence-electron chi connectivity index (χ3n) is 4.24. The first-order valence-electron chi connectivity index (χ1n) is 8.66. The van der Waals surface area contributed by atoms with Gasteiger partial charge >= 0.3 is 0 Å². The average Bonchev–Trinajstić information content (AvgIpc) is 3.11. The van der Waals surface area contributed by atoms with Gasteiger partial charge in [0.2, 0.25) is 0 Å². The lowest BCUT2D eigenvalue weighted by Gasteiger charge is -2.23. The summed E-state index contributed by atoms with van der Waals surface area (Å²) in [5.41, 5.74) is 1.44. The van der Waals surface area contributed by atoms with E-state index in [4.69, 9.17) is 4.99 Å². The molecule has 0 unspecified atom stereocenters. The van der Waals surface area contributed by atoms with Gasteiger partial charge in [-0.25, -0.2) is 0 Å². The van der Waals surface area contributed by atoms with Gasteiger partial charge in [0.05, 0.1) is 12.4 Å². The van der Waals surface area contributed by atoms with E-state index in [0.29, 0.717) is 0 Å². The quantitative estimate of drug-likeness (QED) is 0.431. The van der Waals surface area contributed by atoms with Crippen molar-refractivity contribution in [2.75, 3.05) is 14.1 Å². The molecular weight excluding hydrogens is 323 g/mol. The minimum atomic E-state index is -0.544. The minimum absolute atomic E-state index is 0.199. The van der Waals surface area contributed by atoms with Crippen LogP contribution in [-0.2, 0) is 0 Å². The lowest BCUT2D eigenvalue weighted by molar-refractivity contribution is 0.633. The predicted molar refractivity (Wildman–Crippen MR) is 111 cm³/mol. The number of hydrogen-bond donors (Lipinski definition) is 0. The monoisotopic (exact) mass is 348 g/mol. The number of hydrogen-bond acceptors (Lipinski definition) is 1. The van der Waals surface area contributed by atoms with E-state index in [1.165, 1.54) is 21.5 Å². The fourth-order valence-electron chi connectivity index (χ4n) is 3.02. The maximum Gasteiger partial charge on any atom is 0.0851 e. The second-order valence-corrected chi connectivity index (χ2v) is 8.61. The first-order valence-corrected chi connectivity index (χ1v) is 10.0. The minimum Gasteiger partial charge on any atom is -0.369 e. The molecule has 3 rings (SSSR count). The Labute approximate surface area is 152 Å². The third kappa shape index (κ3) is 4.27. The predicted octanol–water partition coefficient (Wildman–Crippen LogP) is 4.31. The summed E-state index contributed by atoms with van der Waals surface area (Å²) in [5.74, 6) is 0. The zero-order chi connectivity index (χ0) is 17.6. The van der Waals surface area contributed by atoms with Crippen molar-refractivity contribution < 1.29 is 0 Å². The Balaban J connectivity index is 2.05. The van der Waals surface area contributed by atoms with Gasteiger partial charge in [-0.1, -0.05) is 72.8 Å². The molecule has 2 aromatic rings. The molecule has 0 radical (unpaired) electrons. The summed E-state index contributed by atoms with van der Waals surface area (Å²) >= 11 is 0. The van der Waals surface area contributed by atoms with Crippen LogP contribution in [0.1, 0.15) is 13.3 Å². The zero-order valence-corrected chi connectivity index (χ0v) is 16.0. The number of allylic oxidation sites excluding steroid dienone is 3. The molecule has 0 heterocycles. The van der Waals surface area contributed by atoms with Crippen molar-refractivity contribution in [3.63, 3.8) is 0 Å². The zero-order valence-electron chi connectivity index (χ0n) is 15.1. The Morgan fingerprint density at radius 3 is 2.04 bits per heavy atom. The van der Waals surface area contributed by atoms with E-state index in [1.54, 1.807) is 0 Å². The number of rotatable bonds is 6. The van der Waals surface area contributed by atoms with E-state index in [9.17, 15) is 0 Å². The van der Waals surface area contributed by atoms with Gasteiger partial charge in [0.25, 0.3) is 0 Å². The smallest absolute Gasteiger partial charge is 0.0851 e. The van der Waals surface area contributed by atoms with Gasteiger partial charge in [-0.2, -0.15) is 0 Å². The Morgan fingerprint density at radius 2 is 1.52 bits per heavy atom. The molecule has 128 valence electrons. The lowest BCUT2D eigenvalue weighted by Crippen LogP contribution is -2.15. The van der Waals surface area contributed by atoms with Gasteiger partial charge in [-0.05, 0) is 42.8 Å². The maximum atomic E-state index is 4.74. The van der Waals surface area contributed by atoms with Crippen LogP contribution in [-0.4, -0.2) is 31.4 Å². The van der Waals surface area contributed by atoms with Crippen LogP contribution in [0.5, 0.6) is 0 Å². The number of benzene rings is 2. The van der Waals surface area contributed by atoms with E-state index in [-0.39, 0.29) is 6.04 Å². The second-order valence-electron chi connectivity index (χ2n) is 6.43. The molecule has 0 bridgehead atoms. The van der Waals surface area contributed by atoms with Crippen molar-refractivity contribution in [1.82, 2.24) is 4.90 Å². The highest BCUT2D eigenvalue weighted by Crippen LogP contribution is 2.48. The molecule has 0 fully saturated rings. The highest BCUT2D eigenvalue weighted by Gasteiger charge is 2.24. The van der Waals surface area contributed by atoms with Crippen LogP contribution in [0, 0.1) is 0 Å². The molecule has 1 atom stereocenters. The van der Waals surface area contributed by atoms with Gasteiger partial charge in [0.15, 0.2) is 0 Å². The topological polar surface area (TPSA) is 15.6 Å². The molecule has 2 aromatic carbocycles. The highest BCUT2D eigenvalue weighted by molar-refractivity contribution is 7.77. The molecule has 25 heavy (non-hydrogen) atoms. The molecule has 1 aliphatic rings. The third-order valence-corrected chi connectivity index (χ3v) is 6.78. The lowest BCUT2D eigenvalue weighted by atomic mass is 10.1. The first-order chi connectivity index (χ1) is 12.2. The summed E-state index contributed by atoms with van der Waals surface area (Å²) in [4.78, 5) is 6.74. The Bertz CT molecular complexity index is 737. The van der Waals surface area contributed by atoms with Crippen LogP contribution >= 0.6 is 7.92 Å². The van der Waals surface area contributed by atoms with Gasteiger partial charge in [-0.15, -0.1) is 0 Å². The number of nitrogens with zero attached hydrogens (tertiary/aromatic N) is 2. The van der Waals surface area contributed by atoms with Crippen molar-refractivity contribution >= 4 is 24.9 Å². The molecule has 0 saturated heterocycles. The van der Waals surface area contributed by atoms with E-state index >= 15 is 0 Å². The molecular formula is C22H25N2P. The van der Waals surface area contributed by atoms with Gasteiger partial charge in [-0.3, -0.25) is 4.99 Å². The molecule has 0 amide bonds. The Kier molecular flexibility index (Phi) is 5.83. The van der Waals surface area contributed by atoms with E-state index < -0.39 is 7.92 Å². The molecule has 0 saturated carbocycles. The molecule has 0 spiro atoms. The molecule has 3 heteroatoms. The summed E-state index contributed by atoms with van der Waals surface area (Å²) in [6, 6.07) is 21.9. The summed E-state index contributed by atoms with van der Waals surface area (Å²) in [6.07, 6.45) is 7.52. The van der Waals surface area contributed by atoms with Gasteiger partial charge in [0, 0.05) is 14.1 Å². The van der Waals surface area contributed by atoms with Crippen LogP contribution in [0.25, 0.3) is 0 Å². The van der Waals surface area contributed by atoms with Crippen molar-refractivity contribution in [3.05, 3.63) is 83.7 Å². The highest BCUT2D eigenvalue weighted by atomic mass is 31.1. The fourth-order valence-corrected chi connectivity index (χ4v) is 5.63. The molecule has 2 nitrogen and oxygen atoms in total. The maximum absolute atomic E-state index is 4.74. The summed E-state index contributed by atoms with van der Waals surface area (Å²) < 4.78 is 0. The summed E-state index contributed by atoms with van der Waals surface area (Å²) in [5, 5.41) is 4.24. The van der Waals surface area contributed by atoms with Crippen LogP contribution < -0.4 is 10.6 Å². The molecule has 0 N–H and O–H groups in total. The Hall–Kier alpha value is -2.18. The largest absolute Gasteiger partial charge is 0.369 e. The average molecular weight is 348 g/mol.